The molecule has 0 bridgehead atoms. The molecule has 3 aromatic rings. The molecule has 182 valence electrons. The number of amides is 2. The molecule has 4 rings (SSSR count). The van der Waals surface area contributed by atoms with Crippen LogP contribution in [0, 0.1) is 5.82 Å². The fourth-order valence-corrected chi connectivity index (χ4v) is 3.99. The first-order chi connectivity index (χ1) is 17.0. The molecule has 0 aliphatic carbocycles. The Hall–Kier alpha value is -4.07. The normalized spacial score (nSPS) is 13.1. The van der Waals surface area contributed by atoms with Crippen molar-refractivity contribution in [1.29, 1.82) is 0 Å². The van der Waals surface area contributed by atoms with Crippen molar-refractivity contribution < 1.29 is 23.5 Å². The Morgan fingerprint density at radius 2 is 1.66 bits per heavy atom. The zero-order valence-corrected chi connectivity index (χ0v) is 19.6. The highest BCUT2D eigenvalue weighted by atomic mass is 19.1. The predicted octanol–water partition coefficient (Wildman–Crippen LogP) is 5.09. The Morgan fingerprint density at radius 3 is 2.40 bits per heavy atom. The number of para-hydroxylation sites is 2. The minimum Gasteiger partial charge on any atom is -0.493 e. The molecule has 1 aliphatic rings. The van der Waals surface area contributed by atoms with Gasteiger partial charge in [0.1, 0.15) is 5.82 Å². The van der Waals surface area contributed by atoms with Crippen LogP contribution in [-0.4, -0.2) is 38.6 Å². The molecule has 3 aromatic carbocycles. The number of methoxy groups -OCH3 is 1. The summed E-state index contributed by atoms with van der Waals surface area (Å²) in [6.07, 6.45) is 3.51. The Balaban J connectivity index is 1.40. The summed E-state index contributed by atoms with van der Waals surface area (Å²) in [7, 11) is 1.47. The molecule has 7 nitrogen and oxygen atoms in total. The van der Waals surface area contributed by atoms with Crippen molar-refractivity contribution >= 4 is 28.9 Å². The van der Waals surface area contributed by atoms with Gasteiger partial charge in [-0.3, -0.25) is 9.59 Å². The van der Waals surface area contributed by atoms with Crippen LogP contribution in [0.25, 0.3) is 0 Å². The second-order valence-electron chi connectivity index (χ2n) is 8.23. The summed E-state index contributed by atoms with van der Waals surface area (Å²) < 4.78 is 24.0. The topological polar surface area (TPSA) is 79.9 Å². The maximum absolute atomic E-state index is 13.0. The monoisotopic (exact) mass is 477 g/mol. The first-order valence-corrected chi connectivity index (χ1v) is 11.5. The summed E-state index contributed by atoms with van der Waals surface area (Å²) in [6.45, 7) is 1.67. The highest BCUT2D eigenvalue weighted by Crippen LogP contribution is 2.31. The second kappa shape index (κ2) is 11.4. The zero-order chi connectivity index (χ0) is 24.6. The van der Waals surface area contributed by atoms with Gasteiger partial charge in [-0.1, -0.05) is 12.1 Å². The number of nitrogens with one attached hydrogen (secondary N) is 2. The van der Waals surface area contributed by atoms with Crippen LogP contribution in [-0.2, 0) is 4.79 Å². The van der Waals surface area contributed by atoms with Crippen molar-refractivity contribution in [2.45, 2.75) is 19.3 Å². The van der Waals surface area contributed by atoms with Crippen LogP contribution in [0.4, 0.5) is 21.5 Å². The summed E-state index contributed by atoms with van der Waals surface area (Å²) in [5.74, 6) is -0.408. The summed E-state index contributed by atoms with van der Waals surface area (Å²) in [5.41, 5.74) is 2.64. The van der Waals surface area contributed by atoms with Crippen LogP contribution in [0.3, 0.4) is 0 Å². The molecule has 35 heavy (non-hydrogen) atoms. The lowest BCUT2D eigenvalue weighted by Gasteiger charge is -2.30. The average molecular weight is 478 g/mol. The van der Waals surface area contributed by atoms with Gasteiger partial charge in [-0.05, 0) is 73.9 Å². The zero-order valence-electron chi connectivity index (χ0n) is 19.6. The van der Waals surface area contributed by atoms with Gasteiger partial charge in [-0.25, -0.2) is 4.39 Å². The van der Waals surface area contributed by atoms with E-state index in [-0.39, 0.29) is 18.3 Å². The Morgan fingerprint density at radius 1 is 0.914 bits per heavy atom. The van der Waals surface area contributed by atoms with Crippen LogP contribution < -0.4 is 25.0 Å². The molecule has 1 heterocycles. The average Bonchev–Trinajstić information content (AvgIpc) is 2.89. The van der Waals surface area contributed by atoms with E-state index in [2.05, 4.69) is 15.5 Å². The maximum atomic E-state index is 13.0. The largest absolute Gasteiger partial charge is 0.493 e. The number of hydrogen-bond acceptors (Lipinski definition) is 5. The maximum Gasteiger partial charge on any atom is 0.262 e. The van der Waals surface area contributed by atoms with E-state index < -0.39 is 5.91 Å². The van der Waals surface area contributed by atoms with Crippen molar-refractivity contribution in [3.8, 4) is 11.5 Å². The van der Waals surface area contributed by atoms with Gasteiger partial charge >= 0.3 is 0 Å². The highest BCUT2D eigenvalue weighted by Gasteiger charge is 2.17. The van der Waals surface area contributed by atoms with Crippen LogP contribution in [0.1, 0.15) is 29.6 Å². The van der Waals surface area contributed by atoms with Gasteiger partial charge in [0.2, 0.25) is 0 Å². The number of piperidine rings is 1. The fourth-order valence-electron chi connectivity index (χ4n) is 3.99. The number of hydrogen-bond donors (Lipinski definition) is 2. The van der Waals surface area contributed by atoms with Gasteiger partial charge in [-0.2, -0.15) is 0 Å². The standard InChI is InChI=1S/C27H28FN3O4/c1-34-25-17-19(9-14-24(25)35-18-26(32)29-21-12-10-20(28)11-13-21)27(33)30-22-7-3-4-8-23(22)31-15-5-2-6-16-31/h3-4,7-14,17H,2,5-6,15-16,18H2,1H3,(H,29,32)(H,30,33). The summed E-state index contributed by atoms with van der Waals surface area (Å²) in [6, 6.07) is 18.0. The Kier molecular flexibility index (Phi) is 7.82. The molecule has 0 radical (unpaired) electrons. The van der Waals surface area contributed by atoms with Crippen molar-refractivity contribution in [3.63, 3.8) is 0 Å². The molecule has 0 saturated carbocycles. The van der Waals surface area contributed by atoms with Crippen molar-refractivity contribution in [2.24, 2.45) is 0 Å². The molecule has 0 atom stereocenters. The van der Waals surface area contributed by atoms with Crippen LogP contribution >= 0.6 is 0 Å². The molecule has 2 N–H and O–H groups in total. The molecule has 0 aromatic heterocycles. The van der Waals surface area contributed by atoms with Crippen LogP contribution in [0.5, 0.6) is 11.5 Å². The SMILES string of the molecule is COc1cc(C(=O)Nc2ccccc2N2CCCCC2)ccc1OCC(=O)Nc1ccc(F)cc1. The van der Waals surface area contributed by atoms with Gasteiger partial charge in [0.05, 0.1) is 18.5 Å². The highest BCUT2D eigenvalue weighted by molar-refractivity contribution is 6.06. The van der Waals surface area contributed by atoms with Gasteiger partial charge in [0.25, 0.3) is 11.8 Å². The van der Waals surface area contributed by atoms with E-state index in [4.69, 9.17) is 9.47 Å². The minimum atomic E-state index is -0.408. The number of halogens is 1. The number of nitrogens with zero attached hydrogens (tertiary/aromatic N) is 1. The van der Waals surface area contributed by atoms with Gasteiger partial charge in [-0.15, -0.1) is 0 Å². The molecule has 0 unspecified atom stereocenters. The third-order valence-electron chi connectivity index (χ3n) is 5.76. The quantitative estimate of drug-likeness (QED) is 0.472. The number of benzene rings is 3. The smallest absolute Gasteiger partial charge is 0.262 e. The number of carbonyl (C=O) groups is 2. The number of rotatable bonds is 8. The lowest BCUT2D eigenvalue weighted by molar-refractivity contribution is -0.118. The van der Waals surface area contributed by atoms with E-state index >= 15 is 0 Å². The van der Waals surface area contributed by atoms with Crippen LogP contribution in [0.2, 0.25) is 0 Å². The Labute approximate surface area is 203 Å². The first kappa shape index (κ1) is 24.1. The van der Waals surface area contributed by atoms with Crippen LogP contribution in [0.15, 0.2) is 66.7 Å². The molecular formula is C27H28FN3O4. The third-order valence-corrected chi connectivity index (χ3v) is 5.76. The predicted molar refractivity (Wildman–Crippen MR) is 134 cm³/mol. The van der Waals surface area contributed by atoms with E-state index in [1.54, 1.807) is 18.2 Å². The lowest BCUT2D eigenvalue weighted by Crippen LogP contribution is -2.30. The molecule has 1 saturated heterocycles. The number of anilines is 3. The summed E-state index contributed by atoms with van der Waals surface area (Å²) in [5, 5.41) is 5.64. The van der Waals surface area contributed by atoms with Crippen molar-refractivity contribution in [3.05, 3.63) is 78.1 Å². The van der Waals surface area contributed by atoms with Gasteiger partial charge < -0.3 is 25.0 Å². The fraction of sp³-hybridized carbons (Fsp3) is 0.259. The van der Waals surface area contributed by atoms with Crippen molar-refractivity contribution in [1.82, 2.24) is 0 Å². The van der Waals surface area contributed by atoms with Gasteiger partial charge in [0.15, 0.2) is 18.1 Å². The molecule has 1 fully saturated rings. The third kappa shape index (κ3) is 6.29. The molecule has 1 aliphatic heterocycles. The molecule has 2 amide bonds. The van der Waals surface area contributed by atoms with E-state index in [0.29, 0.717) is 22.7 Å². The van der Waals surface area contributed by atoms with Gasteiger partial charge in [0, 0.05) is 24.3 Å². The van der Waals surface area contributed by atoms with E-state index in [1.165, 1.54) is 37.8 Å². The van der Waals surface area contributed by atoms with E-state index in [1.807, 2.05) is 24.3 Å². The van der Waals surface area contributed by atoms with E-state index in [0.717, 1.165) is 37.3 Å². The summed E-state index contributed by atoms with van der Waals surface area (Å²) >= 11 is 0. The van der Waals surface area contributed by atoms with Crippen molar-refractivity contribution in [2.75, 3.05) is 42.3 Å². The lowest BCUT2D eigenvalue weighted by atomic mass is 10.1. The second-order valence-corrected chi connectivity index (χ2v) is 8.23. The molecular weight excluding hydrogens is 449 g/mol. The molecule has 8 heteroatoms. The Bertz CT molecular complexity index is 1180. The summed E-state index contributed by atoms with van der Waals surface area (Å²) in [4.78, 5) is 27.5. The van der Waals surface area contributed by atoms with E-state index in [9.17, 15) is 14.0 Å². The molecule has 0 spiro atoms. The number of ether oxygens (including phenoxy) is 2. The first-order valence-electron chi connectivity index (χ1n) is 11.5. The number of carbonyl (C=O) groups excluding carboxylic acids is 2. The minimum absolute atomic E-state index is 0.270.